The maximum Gasteiger partial charge on any atom is 0.224 e. The van der Waals surface area contributed by atoms with Gasteiger partial charge in [0.05, 0.1) is 10.7 Å². The van der Waals surface area contributed by atoms with Crippen molar-refractivity contribution in [2.45, 2.75) is 51.9 Å². The molecule has 1 amide bonds. The molecule has 0 aliphatic rings. The zero-order valence-corrected chi connectivity index (χ0v) is 12.3. The topological polar surface area (TPSA) is 55.1 Å². The highest BCUT2D eigenvalue weighted by Gasteiger charge is 2.05. The van der Waals surface area contributed by atoms with E-state index in [-0.39, 0.29) is 5.91 Å². The molecule has 0 spiro atoms. The molecule has 0 aliphatic heterocycles. The highest BCUT2D eigenvalue weighted by Crippen LogP contribution is 2.24. The van der Waals surface area contributed by atoms with Gasteiger partial charge in [0.2, 0.25) is 5.91 Å². The molecule has 1 aromatic carbocycles. The van der Waals surface area contributed by atoms with E-state index in [1.807, 2.05) is 0 Å². The van der Waals surface area contributed by atoms with E-state index in [9.17, 15) is 4.79 Å². The van der Waals surface area contributed by atoms with Crippen molar-refractivity contribution in [3.8, 4) is 0 Å². The molecule has 0 fully saturated rings. The smallest absolute Gasteiger partial charge is 0.224 e. The number of carbonyl (C=O) groups excluding carboxylic acids is 1. The van der Waals surface area contributed by atoms with E-state index in [2.05, 4.69) is 12.2 Å². The van der Waals surface area contributed by atoms with Crippen LogP contribution in [0.4, 0.5) is 11.4 Å². The van der Waals surface area contributed by atoms with Crippen molar-refractivity contribution in [2.24, 2.45) is 0 Å². The number of hydrogen-bond donors (Lipinski definition) is 2. The largest absolute Gasteiger partial charge is 0.399 e. The van der Waals surface area contributed by atoms with E-state index in [0.29, 0.717) is 22.8 Å². The first-order valence-corrected chi connectivity index (χ1v) is 7.36. The predicted molar refractivity (Wildman–Crippen MR) is 82.5 cm³/mol. The van der Waals surface area contributed by atoms with E-state index in [1.165, 1.54) is 25.7 Å². The van der Waals surface area contributed by atoms with Crippen LogP contribution in [0.5, 0.6) is 0 Å². The van der Waals surface area contributed by atoms with Gasteiger partial charge >= 0.3 is 0 Å². The fourth-order valence-corrected chi connectivity index (χ4v) is 2.15. The van der Waals surface area contributed by atoms with Gasteiger partial charge in [-0.25, -0.2) is 0 Å². The lowest BCUT2D eigenvalue weighted by molar-refractivity contribution is -0.116. The van der Waals surface area contributed by atoms with Crippen LogP contribution in [0.15, 0.2) is 18.2 Å². The molecular weight excluding hydrogens is 260 g/mol. The van der Waals surface area contributed by atoms with Gasteiger partial charge in [-0.1, -0.05) is 50.6 Å². The lowest BCUT2D eigenvalue weighted by Gasteiger charge is -2.07. The Morgan fingerprint density at radius 1 is 1.21 bits per heavy atom. The summed E-state index contributed by atoms with van der Waals surface area (Å²) in [6.45, 7) is 2.20. The summed E-state index contributed by atoms with van der Waals surface area (Å²) in [4.78, 5) is 11.7. The fraction of sp³-hybridized carbons (Fsp3) is 0.533. The van der Waals surface area contributed by atoms with Gasteiger partial charge in [-0.3, -0.25) is 4.79 Å². The Balaban J connectivity index is 2.23. The minimum atomic E-state index is 0.0159. The number of anilines is 2. The molecule has 0 radical (unpaired) electrons. The van der Waals surface area contributed by atoms with E-state index in [1.54, 1.807) is 18.2 Å². The van der Waals surface area contributed by atoms with Gasteiger partial charge in [0.25, 0.3) is 0 Å². The lowest BCUT2D eigenvalue weighted by atomic mass is 10.1. The maximum atomic E-state index is 11.7. The standard InChI is InChI=1S/C15H23ClN2O/c1-2-3-4-5-6-7-8-15(19)18-14-10-9-12(17)11-13(14)16/h9-11H,2-8,17H2,1H3,(H,18,19). The van der Waals surface area contributed by atoms with Gasteiger partial charge in [0, 0.05) is 12.1 Å². The molecule has 0 atom stereocenters. The monoisotopic (exact) mass is 282 g/mol. The van der Waals surface area contributed by atoms with Crippen LogP contribution in [0.25, 0.3) is 0 Å². The van der Waals surface area contributed by atoms with Crippen molar-refractivity contribution in [3.63, 3.8) is 0 Å². The average Bonchev–Trinajstić information content (AvgIpc) is 2.37. The number of nitrogens with two attached hydrogens (primary N) is 1. The van der Waals surface area contributed by atoms with Gasteiger partial charge in [-0.05, 0) is 24.6 Å². The van der Waals surface area contributed by atoms with Crippen molar-refractivity contribution in [1.82, 2.24) is 0 Å². The number of nitrogens with one attached hydrogen (secondary N) is 1. The van der Waals surface area contributed by atoms with Crippen molar-refractivity contribution in [2.75, 3.05) is 11.1 Å². The molecule has 0 bridgehead atoms. The van der Waals surface area contributed by atoms with Gasteiger partial charge in [0.15, 0.2) is 0 Å². The van der Waals surface area contributed by atoms with Crippen molar-refractivity contribution in [3.05, 3.63) is 23.2 Å². The zero-order valence-electron chi connectivity index (χ0n) is 11.5. The summed E-state index contributed by atoms with van der Waals surface area (Å²) in [5, 5.41) is 3.30. The number of rotatable bonds is 8. The molecule has 19 heavy (non-hydrogen) atoms. The molecule has 0 aliphatic carbocycles. The predicted octanol–water partition coefficient (Wildman–Crippen LogP) is 4.61. The molecule has 0 heterocycles. The molecule has 1 rings (SSSR count). The van der Waals surface area contributed by atoms with Crippen LogP contribution in [-0.2, 0) is 4.79 Å². The maximum absolute atomic E-state index is 11.7. The number of hydrogen-bond acceptors (Lipinski definition) is 2. The van der Waals surface area contributed by atoms with Gasteiger partial charge < -0.3 is 11.1 Å². The summed E-state index contributed by atoms with van der Waals surface area (Å²) < 4.78 is 0. The second kappa shape index (κ2) is 8.81. The fourth-order valence-electron chi connectivity index (χ4n) is 1.91. The van der Waals surface area contributed by atoms with Crippen molar-refractivity contribution >= 4 is 28.9 Å². The molecule has 3 nitrogen and oxygen atoms in total. The van der Waals surface area contributed by atoms with Gasteiger partial charge in [0.1, 0.15) is 0 Å². The molecule has 3 N–H and O–H groups in total. The first kappa shape index (κ1) is 15.8. The second-order valence-electron chi connectivity index (χ2n) is 4.81. The lowest BCUT2D eigenvalue weighted by Crippen LogP contribution is -2.11. The summed E-state index contributed by atoms with van der Waals surface area (Å²) in [6, 6.07) is 5.10. The summed E-state index contributed by atoms with van der Waals surface area (Å²) in [6.07, 6.45) is 7.60. The van der Waals surface area contributed by atoms with E-state index >= 15 is 0 Å². The van der Waals surface area contributed by atoms with Crippen LogP contribution in [-0.4, -0.2) is 5.91 Å². The van der Waals surface area contributed by atoms with Crippen LogP contribution in [0.3, 0.4) is 0 Å². The van der Waals surface area contributed by atoms with Gasteiger partial charge in [-0.2, -0.15) is 0 Å². The first-order chi connectivity index (χ1) is 9.13. The van der Waals surface area contributed by atoms with Gasteiger partial charge in [-0.15, -0.1) is 0 Å². The van der Waals surface area contributed by atoms with Crippen LogP contribution < -0.4 is 11.1 Å². The Hall–Kier alpha value is -1.22. The number of halogens is 1. The molecule has 106 valence electrons. The number of unbranched alkanes of at least 4 members (excludes halogenated alkanes) is 5. The number of carbonyl (C=O) groups is 1. The zero-order chi connectivity index (χ0) is 14.1. The summed E-state index contributed by atoms with van der Waals surface area (Å²) >= 11 is 6.00. The molecule has 0 aromatic heterocycles. The second-order valence-corrected chi connectivity index (χ2v) is 5.21. The summed E-state index contributed by atoms with van der Waals surface area (Å²) in [7, 11) is 0. The van der Waals surface area contributed by atoms with Crippen LogP contribution >= 0.6 is 11.6 Å². The number of benzene rings is 1. The normalized spacial score (nSPS) is 10.4. The first-order valence-electron chi connectivity index (χ1n) is 6.98. The van der Waals surface area contributed by atoms with Crippen LogP contribution in [0.1, 0.15) is 51.9 Å². The Morgan fingerprint density at radius 2 is 1.89 bits per heavy atom. The van der Waals surface area contributed by atoms with Crippen molar-refractivity contribution < 1.29 is 4.79 Å². The Kier molecular flexibility index (Phi) is 7.34. The van der Waals surface area contributed by atoms with E-state index in [0.717, 1.165) is 12.8 Å². The summed E-state index contributed by atoms with van der Waals surface area (Å²) in [5.74, 6) is 0.0159. The van der Waals surface area contributed by atoms with Crippen LogP contribution in [0, 0.1) is 0 Å². The SMILES string of the molecule is CCCCCCCCC(=O)Nc1ccc(N)cc1Cl. The minimum Gasteiger partial charge on any atom is -0.399 e. The molecule has 0 unspecified atom stereocenters. The van der Waals surface area contributed by atoms with E-state index < -0.39 is 0 Å². The Bertz CT molecular complexity index is 407. The third kappa shape index (κ3) is 6.48. The quantitative estimate of drug-likeness (QED) is 0.540. The molecule has 0 saturated carbocycles. The third-order valence-corrected chi connectivity index (χ3v) is 3.34. The number of amides is 1. The number of nitrogen functional groups attached to an aromatic ring is 1. The minimum absolute atomic E-state index is 0.0159. The average molecular weight is 283 g/mol. The summed E-state index contributed by atoms with van der Waals surface area (Å²) in [5.41, 5.74) is 6.83. The third-order valence-electron chi connectivity index (χ3n) is 3.02. The highest BCUT2D eigenvalue weighted by atomic mass is 35.5. The Labute approximate surface area is 120 Å². The molecule has 1 aromatic rings. The molecule has 0 saturated heterocycles. The molecule has 4 heteroatoms. The van der Waals surface area contributed by atoms with Crippen molar-refractivity contribution in [1.29, 1.82) is 0 Å². The highest BCUT2D eigenvalue weighted by molar-refractivity contribution is 6.34. The van der Waals surface area contributed by atoms with E-state index in [4.69, 9.17) is 17.3 Å². The Morgan fingerprint density at radius 3 is 2.58 bits per heavy atom. The van der Waals surface area contributed by atoms with Crippen LogP contribution in [0.2, 0.25) is 5.02 Å². The molecular formula is C15H23ClN2O.